The van der Waals surface area contributed by atoms with Gasteiger partial charge in [0.1, 0.15) is 22.9 Å². The molecule has 2 aliphatic carbocycles. The fourth-order valence-electron chi connectivity index (χ4n) is 13.7. The summed E-state index contributed by atoms with van der Waals surface area (Å²) in [6.45, 7) is 9.74. The first-order valence-electron chi connectivity index (χ1n) is 22.5. The number of likely N-dealkylation sites (N-methyl/N-ethyl adjacent to an activating group) is 1. The van der Waals surface area contributed by atoms with E-state index in [-0.39, 0.29) is 36.3 Å². The number of ether oxygens (including phenoxy) is 3. The minimum Gasteiger partial charge on any atom is -0.496 e. The van der Waals surface area contributed by atoms with Gasteiger partial charge in [-0.15, -0.1) is 0 Å². The number of para-hydroxylation sites is 1. The fraction of sp³-hybridized carbons (Fsp3) is 0.571. The van der Waals surface area contributed by atoms with Crippen molar-refractivity contribution in [1.29, 1.82) is 0 Å². The molecule has 5 aliphatic heterocycles. The Morgan fingerprint density at radius 1 is 1.05 bits per heavy atom. The van der Waals surface area contributed by atoms with Gasteiger partial charge in [-0.1, -0.05) is 55.8 Å². The molecule has 0 radical (unpaired) electrons. The summed E-state index contributed by atoms with van der Waals surface area (Å²) in [5.41, 5.74) is 2.43. The number of esters is 2. The van der Waals surface area contributed by atoms with Crippen LogP contribution in [0.3, 0.4) is 0 Å². The lowest BCUT2D eigenvalue weighted by molar-refractivity contribution is -0.217. The Morgan fingerprint density at radius 2 is 1.85 bits per heavy atom. The summed E-state index contributed by atoms with van der Waals surface area (Å²) in [7, 11) is 5.17. The number of methoxy groups -OCH3 is 2. The van der Waals surface area contributed by atoms with E-state index in [9.17, 15) is 14.7 Å². The van der Waals surface area contributed by atoms with Crippen LogP contribution in [0.4, 0.5) is 5.69 Å². The summed E-state index contributed by atoms with van der Waals surface area (Å²) in [5.74, 6) is -0.368. The van der Waals surface area contributed by atoms with E-state index in [0.29, 0.717) is 25.0 Å². The van der Waals surface area contributed by atoms with Crippen molar-refractivity contribution < 1.29 is 33.7 Å². The summed E-state index contributed by atoms with van der Waals surface area (Å²) in [6.07, 6.45) is 10.9. The topological polar surface area (TPSA) is 137 Å². The Kier molecular flexibility index (Phi) is 9.58. The Labute approximate surface area is 358 Å². The number of amides is 1. The molecule has 10 rings (SSSR count). The predicted octanol–water partition coefficient (Wildman–Crippen LogP) is 5.15. The molecule has 61 heavy (non-hydrogen) atoms. The Bertz CT molecular complexity index is 2370. The number of nitrogens with zero attached hydrogens (tertiary/aromatic N) is 3. The molecule has 1 aromatic heterocycles. The normalized spacial score (nSPS) is 34.8. The highest BCUT2D eigenvalue weighted by Crippen LogP contribution is 2.68. The summed E-state index contributed by atoms with van der Waals surface area (Å²) in [5, 5.41) is 18.0. The number of nitrogens with one attached hydrogen (secondary N) is 2. The average molecular weight is 832 g/mol. The second kappa shape index (κ2) is 14.5. The number of aromatic amines is 1. The third-order valence-electron chi connectivity index (χ3n) is 16.1. The number of carbonyl (C=O) groups excluding carboxylic acids is 3. The van der Waals surface area contributed by atoms with Gasteiger partial charge in [-0.3, -0.25) is 24.2 Å². The molecule has 12 heteroatoms. The van der Waals surface area contributed by atoms with Crippen LogP contribution in [-0.4, -0.2) is 122 Å². The number of hydrogen-bond acceptors (Lipinski definition) is 10. The van der Waals surface area contributed by atoms with Gasteiger partial charge in [0.05, 0.1) is 26.8 Å². The standard InChI is InChI=1S/C49H61N5O7/c1-7-30-22-31-25-48(45(57)60-6,40-34(16-20-53(26-30)27-31)33-12-9-10-13-37(33)51-40)36-23-35-38(24-39(36)59-5)52(4)43-47(35)18-21-54-19-11-17-46(8-2,42(47)54)44(61-29(3)55)49(43,58)28-50-41(56)32-14-15-32/h9-13,17,22-24,31-32,42-44,51,58H,7-8,14-16,18-21,25-28H2,1-6H3,(H,50,56)/t31-,42-,43+,44+,46+,47+,48-,49?/m0/s1. The van der Waals surface area contributed by atoms with Gasteiger partial charge in [-0.25, -0.2) is 0 Å². The van der Waals surface area contributed by atoms with Gasteiger partial charge in [-0.05, 0) is 80.7 Å². The number of carbonyl (C=O) groups is 3. The quantitative estimate of drug-likeness (QED) is 0.196. The minimum absolute atomic E-state index is 0.0456. The molecule has 2 saturated carbocycles. The molecule has 2 aromatic carbocycles. The molecule has 7 aliphatic rings. The highest BCUT2D eigenvalue weighted by molar-refractivity contribution is 5.94. The van der Waals surface area contributed by atoms with Crippen molar-refractivity contribution in [3.8, 4) is 5.75 Å². The zero-order valence-electron chi connectivity index (χ0n) is 36.5. The highest BCUT2D eigenvalue weighted by atomic mass is 16.6. The van der Waals surface area contributed by atoms with E-state index < -0.39 is 40.0 Å². The van der Waals surface area contributed by atoms with Crippen LogP contribution in [0.15, 0.2) is 60.2 Å². The second-order valence-corrected chi connectivity index (χ2v) is 19.2. The number of benzene rings is 2. The van der Waals surface area contributed by atoms with Gasteiger partial charge in [-0.2, -0.15) is 0 Å². The van der Waals surface area contributed by atoms with Gasteiger partial charge < -0.3 is 34.5 Å². The SMILES string of the molecule is CCC1=C[C@@H]2CN(CCc3c([nH]c4ccccc34)[C@@](C(=O)OC)(c3cc4c(cc3OC)N(C)[C@H]3C(O)(CNC(=O)C5CC5)[C@H](OC(C)=O)[C@]5(CC)C=CCN6CC[C@]43[C@@H]65)C2)C1. The molecular weight excluding hydrogens is 771 g/mol. The van der Waals surface area contributed by atoms with E-state index >= 15 is 4.79 Å². The predicted molar refractivity (Wildman–Crippen MR) is 233 cm³/mol. The smallest absolute Gasteiger partial charge is 0.322 e. The maximum Gasteiger partial charge on any atom is 0.322 e. The van der Waals surface area contributed by atoms with Gasteiger partial charge in [0, 0.05) is 96.9 Å². The molecule has 3 N–H and O–H groups in total. The monoisotopic (exact) mass is 831 g/mol. The van der Waals surface area contributed by atoms with E-state index in [1.165, 1.54) is 19.6 Å². The minimum atomic E-state index is -1.71. The first kappa shape index (κ1) is 40.4. The molecule has 6 heterocycles. The van der Waals surface area contributed by atoms with Gasteiger partial charge in [0.25, 0.3) is 0 Å². The fourth-order valence-corrected chi connectivity index (χ4v) is 13.7. The van der Waals surface area contributed by atoms with Crippen molar-refractivity contribution in [2.24, 2.45) is 17.3 Å². The zero-order chi connectivity index (χ0) is 42.6. The molecule has 324 valence electrons. The average Bonchev–Trinajstić information content (AvgIpc) is 3.88. The maximum absolute atomic E-state index is 15.4. The summed E-state index contributed by atoms with van der Waals surface area (Å²) < 4.78 is 18.9. The van der Waals surface area contributed by atoms with Crippen LogP contribution in [0.1, 0.15) is 81.7 Å². The van der Waals surface area contributed by atoms with Crippen molar-refractivity contribution in [1.82, 2.24) is 20.1 Å². The Morgan fingerprint density at radius 3 is 2.57 bits per heavy atom. The molecule has 1 saturated heterocycles. The third-order valence-corrected chi connectivity index (χ3v) is 16.1. The molecule has 1 spiro atoms. The number of anilines is 1. The van der Waals surface area contributed by atoms with Crippen LogP contribution in [0.5, 0.6) is 5.75 Å². The molecule has 2 bridgehead atoms. The molecule has 9 atom stereocenters. The van der Waals surface area contributed by atoms with Gasteiger partial charge >= 0.3 is 11.9 Å². The lowest BCUT2D eigenvalue weighted by Gasteiger charge is -2.64. The molecule has 3 fully saturated rings. The molecule has 12 nitrogen and oxygen atoms in total. The zero-order valence-corrected chi connectivity index (χ0v) is 36.5. The molecule has 3 aromatic rings. The number of aromatic nitrogens is 1. The van der Waals surface area contributed by atoms with Crippen molar-refractivity contribution >= 4 is 34.4 Å². The number of aliphatic hydroxyl groups is 1. The second-order valence-electron chi connectivity index (χ2n) is 19.2. The summed E-state index contributed by atoms with van der Waals surface area (Å²) in [6, 6.07) is 11.8. The summed E-state index contributed by atoms with van der Waals surface area (Å²) >= 11 is 0. The number of fused-ring (bicyclic) bond motifs is 6. The lowest BCUT2D eigenvalue weighted by atomic mass is 9.47. The number of H-pyrrole nitrogens is 1. The first-order valence-corrected chi connectivity index (χ1v) is 22.5. The van der Waals surface area contributed by atoms with Crippen LogP contribution >= 0.6 is 0 Å². The highest BCUT2D eigenvalue weighted by Gasteiger charge is 2.78. The molecule has 1 amide bonds. The Balaban J connectivity index is 1.25. The molecular formula is C49H61N5O7. The van der Waals surface area contributed by atoms with E-state index in [0.717, 1.165) is 97.4 Å². The Hall–Kier alpha value is -4.65. The van der Waals surface area contributed by atoms with Gasteiger partial charge in [0.15, 0.2) is 0 Å². The van der Waals surface area contributed by atoms with Crippen LogP contribution in [0.25, 0.3) is 10.9 Å². The largest absolute Gasteiger partial charge is 0.496 e. The third kappa shape index (κ3) is 5.63. The van der Waals surface area contributed by atoms with Crippen molar-refractivity contribution in [2.45, 2.75) is 100 Å². The van der Waals surface area contributed by atoms with Crippen LogP contribution < -0.4 is 15.0 Å². The van der Waals surface area contributed by atoms with E-state index in [1.807, 2.05) is 13.1 Å². The summed E-state index contributed by atoms with van der Waals surface area (Å²) in [4.78, 5) is 53.1. The van der Waals surface area contributed by atoms with Crippen molar-refractivity contribution in [3.05, 3.63) is 82.6 Å². The van der Waals surface area contributed by atoms with E-state index in [4.69, 9.17) is 14.2 Å². The first-order chi connectivity index (χ1) is 29.4. The van der Waals surface area contributed by atoms with E-state index in [1.54, 1.807) is 7.11 Å². The van der Waals surface area contributed by atoms with Crippen molar-refractivity contribution in [2.75, 3.05) is 65.4 Å². The van der Waals surface area contributed by atoms with Crippen LogP contribution in [-0.2, 0) is 41.1 Å². The number of hydrogen-bond donors (Lipinski definition) is 3. The van der Waals surface area contributed by atoms with E-state index in [2.05, 4.69) is 87.4 Å². The lowest BCUT2D eigenvalue weighted by Crippen LogP contribution is -2.81. The molecule has 2 unspecified atom stereocenters. The van der Waals surface area contributed by atoms with Crippen LogP contribution in [0.2, 0.25) is 0 Å². The van der Waals surface area contributed by atoms with Gasteiger partial charge in [0.2, 0.25) is 5.91 Å². The van der Waals surface area contributed by atoms with Crippen molar-refractivity contribution in [3.63, 3.8) is 0 Å². The maximum atomic E-state index is 15.4. The number of rotatable bonds is 9. The van der Waals surface area contributed by atoms with Crippen LogP contribution in [0, 0.1) is 17.3 Å².